The molecule has 1 amide bonds. The Labute approximate surface area is 80.1 Å². The van der Waals surface area contributed by atoms with Crippen LogP contribution in [0.25, 0.3) is 0 Å². The van der Waals surface area contributed by atoms with E-state index in [1.165, 1.54) is 12.8 Å². The van der Waals surface area contributed by atoms with Crippen molar-refractivity contribution in [3.63, 3.8) is 0 Å². The van der Waals surface area contributed by atoms with E-state index in [9.17, 15) is 4.79 Å². The van der Waals surface area contributed by atoms with Crippen molar-refractivity contribution in [3.8, 4) is 0 Å². The number of amides is 1. The summed E-state index contributed by atoms with van der Waals surface area (Å²) in [7, 11) is 0. The average Bonchev–Trinajstić information content (AvgIpc) is 2.15. The van der Waals surface area contributed by atoms with E-state index in [0.29, 0.717) is 5.92 Å². The molecule has 2 atom stereocenters. The molecule has 1 rings (SSSR count). The third-order valence-corrected chi connectivity index (χ3v) is 2.91. The Morgan fingerprint density at radius 3 is 2.92 bits per heavy atom. The normalized spacial score (nSPS) is 25.5. The van der Waals surface area contributed by atoms with E-state index < -0.39 is 0 Å². The summed E-state index contributed by atoms with van der Waals surface area (Å²) in [6.07, 6.45) is 4.33. The first-order chi connectivity index (χ1) is 6.24. The first-order valence-corrected chi connectivity index (χ1v) is 5.24. The van der Waals surface area contributed by atoms with Crippen molar-refractivity contribution in [2.45, 2.75) is 32.6 Å². The molecule has 3 heteroatoms. The summed E-state index contributed by atoms with van der Waals surface area (Å²) < 4.78 is 0. The third kappa shape index (κ3) is 3.35. The summed E-state index contributed by atoms with van der Waals surface area (Å²) in [6, 6.07) is 0. The fourth-order valence-electron chi connectivity index (χ4n) is 2.01. The molecular weight excluding hydrogens is 164 g/mol. The van der Waals surface area contributed by atoms with Gasteiger partial charge >= 0.3 is 0 Å². The minimum Gasteiger partial charge on any atom is -0.369 e. The predicted molar refractivity (Wildman–Crippen MR) is 53.2 cm³/mol. The lowest BCUT2D eigenvalue weighted by Crippen LogP contribution is -2.33. The van der Waals surface area contributed by atoms with E-state index in [0.717, 1.165) is 25.9 Å². The lowest BCUT2D eigenvalue weighted by atomic mass is 9.87. The zero-order valence-electron chi connectivity index (χ0n) is 8.38. The number of carbonyl (C=O) groups is 1. The van der Waals surface area contributed by atoms with Gasteiger partial charge < -0.3 is 11.1 Å². The number of hydrogen-bond donors (Lipinski definition) is 2. The Bertz CT molecular complexity index is 164. The first-order valence-electron chi connectivity index (χ1n) is 5.24. The lowest BCUT2D eigenvalue weighted by molar-refractivity contribution is -0.122. The van der Waals surface area contributed by atoms with Gasteiger partial charge in [0, 0.05) is 5.92 Å². The van der Waals surface area contributed by atoms with Crippen LogP contribution in [0.3, 0.4) is 0 Å². The van der Waals surface area contributed by atoms with Gasteiger partial charge in [-0.1, -0.05) is 6.92 Å². The zero-order chi connectivity index (χ0) is 9.68. The van der Waals surface area contributed by atoms with Crippen LogP contribution >= 0.6 is 0 Å². The van der Waals surface area contributed by atoms with Crippen LogP contribution in [0.5, 0.6) is 0 Å². The van der Waals surface area contributed by atoms with Gasteiger partial charge in [0.2, 0.25) is 5.91 Å². The Morgan fingerprint density at radius 1 is 1.69 bits per heavy atom. The zero-order valence-corrected chi connectivity index (χ0v) is 8.38. The molecule has 13 heavy (non-hydrogen) atoms. The molecule has 0 saturated carbocycles. The van der Waals surface area contributed by atoms with Gasteiger partial charge in [-0.15, -0.1) is 0 Å². The monoisotopic (exact) mass is 184 g/mol. The number of carbonyl (C=O) groups excluding carboxylic acids is 1. The van der Waals surface area contributed by atoms with E-state index in [1.54, 1.807) is 0 Å². The van der Waals surface area contributed by atoms with Gasteiger partial charge in [-0.05, 0) is 44.7 Å². The number of piperidine rings is 1. The smallest absolute Gasteiger partial charge is 0.220 e. The van der Waals surface area contributed by atoms with Gasteiger partial charge in [-0.25, -0.2) is 0 Å². The molecule has 0 aromatic rings. The van der Waals surface area contributed by atoms with Gasteiger partial charge in [0.05, 0.1) is 0 Å². The SMILES string of the molecule is CCC(CC1CCCNC1)C(N)=O. The number of hydrogen-bond acceptors (Lipinski definition) is 2. The highest BCUT2D eigenvalue weighted by Gasteiger charge is 2.20. The van der Waals surface area contributed by atoms with Crippen molar-refractivity contribution in [2.24, 2.45) is 17.6 Å². The summed E-state index contributed by atoms with van der Waals surface area (Å²) in [6.45, 7) is 4.22. The quantitative estimate of drug-likeness (QED) is 0.681. The van der Waals surface area contributed by atoms with Crippen LogP contribution in [0.15, 0.2) is 0 Å². The van der Waals surface area contributed by atoms with Crippen molar-refractivity contribution in [1.29, 1.82) is 0 Å². The van der Waals surface area contributed by atoms with E-state index >= 15 is 0 Å². The lowest BCUT2D eigenvalue weighted by Gasteiger charge is -2.25. The van der Waals surface area contributed by atoms with Crippen LogP contribution in [0, 0.1) is 11.8 Å². The van der Waals surface area contributed by atoms with E-state index in [-0.39, 0.29) is 11.8 Å². The minimum absolute atomic E-state index is 0.0879. The van der Waals surface area contributed by atoms with Crippen LogP contribution in [0.4, 0.5) is 0 Å². The van der Waals surface area contributed by atoms with Crippen molar-refractivity contribution in [3.05, 3.63) is 0 Å². The second-order valence-corrected chi connectivity index (χ2v) is 3.96. The fraction of sp³-hybridized carbons (Fsp3) is 0.900. The minimum atomic E-state index is -0.131. The summed E-state index contributed by atoms with van der Waals surface area (Å²) in [5, 5.41) is 3.35. The van der Waals surface area contributed by atoms with Gasteiger partial charge in [-0.2, -0.15) is 0 Å². The molecule has 0 bridgehead atoms. The molecule has 1 heterocycles. The highest BCUT2D eigenvalue weighted by atomic mass is 16.1. The fourth-order valence-corrected chi connectivity index (χ4v) is 2.01. The van der Waals surface area contributed by atoms with Crippen molar-refractivity contribution >= 4 is 5.91 Å². The topological polar surface area (TPSA) is 55.1 Å². The van der Waals surface area contributed by atoms with Crippen LogP contribution in [-0.2, 0) is 4.79 Å². The van der Waals surface area contributed by atoms with Crippen LogP contribution in [-0.4, -0.2) is 19.0 Å². The molecule has 76 valence electrons. The average molecular weight is 184 g/mol. The van der Waals surface area contributed by atoms with Gasteiger partial charge in [-0.3, -0.25) is 4.79 Å². The molecule has 1 aliphatic heterocycles. The molecule has 0 aromatic carbocycles. The molecule has 0 aromatic heterocycles. The Balaban J connectivity index is 2.31. The molecule has 0 aliphatic carbocycles. The summed E-state index contributed by atoms with van der Waals surface area (Å²) in [4.78, 5) is 11.0. The molecule has 3 nitrogen and oxygen atoms in total. The molecule has 2 unspecified atom stereocenters. The van der Waals surface area contributed by atoms with Crippen molar-refractivity contribution in [2.75, 3.05) is 13.1 Å². The molecule has 0 radical (unpaired) electrons. The van der Waals surface area contributed by atoms with Gasteiger partial charge in [0.15, 0.2) is 0 Å². The standard InChI is InChI=1S/C10H20N2O/c1-2-9(10(11)13)6-8-4-3-5-12-7-8/h8-9,12H,2-7H2,1H3,(H2,11,13). The first kappa shape index (κ1) is 10.5. The maximum atomic E-state index is 11.0. The van der Waals surface area contributed by atoms with E-state index in [2.05, 4.69) is 5.32 Å². The molecule has 1 fully saturated rings. The van der Waals surface area contributed by atoms with Crippen LogP contribution in [0.2, 0.25) is 0 Å². The van der Waals surface area contributed by atoms with Crippen LogP contribution < -0.4 is 11.1 Å². The Kier molecular flexibility index (Phi) is 4.22. The molecule has 0 spiro atoms. The van der Waals surface area contributed by atoms with Gasteiger partial charge in [0.1, 0.15) is 0 Å². The summed E-state index contributed by atoms with van der Waals surface area (Å²) in [5.41, 5.74) is 5.31. The number of rotatable bonds is 4. The number of primary amides is 1. The highest BCUT2D eigenvalue weighted by Crippen LogP contribution is 2.21. The predicted octanol–water partition coefficient (Wildman–Crippen LogP) is 0.888. The highest BCUT2D eigenvalue weighted by molar-refractivity contribution is 5.76. The third-order valence-electron chi connectivity index (χ3n) is 2.91. The summed E-state index contributed by atoms with van der Waals surface area (Å²) in [5.74, 6) is 0.615. The number of nitrogens with two attached hydrogens (primary N) is 1. The van der Waals surface area contributed by atoms with Gasteiger partial charge in [0.25, 0.3) is 0 Å². The molecular formula is C10H20N2O. The Morgan fingerprint density at radius 2 is 2.46 bits per heavy atom. The second-order valence-electron chi connectivity index (χ2n) is 3.96. The maximum Gasteiger partial charge on any atom is 0.220 e. The van der Waals surface area contributed by atoms with E-state index in [1.807, 2.05) is 6.92 Å². The molecule has 3 N–H and O–H groups in total. The van der Waals surface area contributed by atoms with Crippen LogP contribution in [0.1, 0.15) is 32.6 Å². The largest absolute Gasteiger partial charge is 0.369 e. The second kappa shape index (κ2) is 5.22. The Hall–Kier alpha value is -0.570. The van der Waals surface area contributed by atoms with E-state index in [4.69, 9.17) is 5.73 Å². The van der Waals surface area contributed by atoms with Crippen molar-refractivity contribution in [1.82, 2.24) is 5.32 Å². The number of nitrogens with one attached hydrogen (secondary N) is 1. The van der Waals surface area contributed by atoms with Crippen molar-refractivity contribution < 1.29 is 4.79 Å². The summed E-state index contributed by atoms with van der Waals surface area (Å²) >= 11 is 0. The molecule has 1 saturated heterocycles. The molecule has 1 aliphatic rings. The maximum absolute atomic E-state index is 11.0.